The molecule has 4 saturated carbocycles. The average Bonchev–Trinajstić information content (AvgIpc) is 1.94. The maximum atomic E-state index is 10.3. The summed E-state index contributed by atoms with van der Waals surface area (Å²) < 4.78 is 0. The molecule has 0 aromatic carbocycles. The van der Waals surface area contributed by atoms with E-state index in [1.807, 2.05) is 0 Å². The Hall–Kier alpha value is -0.630. The summed E-state index contributed by atoms with van der Waals surface area (Å²) >= 11 is 0. The van der Waals surface area contributed by atoms with Gasteiger partial charge >= 0.3 is 0 Å². The van der Waals surface area contributed by atoms with Gasteiger partial charge in [-0.1, -0.05) is 0 Å². The molecule has 4 heteroatoms. The van der Waals surface area contributed by atoms with Gasteiger partial charge in [0.2, 0.25) is 0 Å². The third-order valence-corrected chi connectivity index (χ3v) is 4.21. The molecule has 0 spiro atoms. The summed E-state index contributed by atoms with van der Waals surface area (Å²) in [5, 5.41) is 40.0. The van der Waals surface area contributed by atoms with Crippen LogP contribution in [0.5, 0.6) is 0 Å². The van der Waals surface area contributed by atoms with Crippen molar-refractivity contribution in [1.29, 1.82) is 5.26 Å². The number of hydrogen-bond donors (Lipinski definition) is 3. The van der Waals surface area contributed by atoms with Crippen LogP contribution in [0.25, 0.3) is 0 Å². The molecule has 4 bridgehead atoms. The van der Waals surface area contributed by atoms with Gasteiger partial charge in [-0.3, -0.25) is 0 Å². The van der Waals surface area contributed by atoms with Gasteiger partial charge in [-0.15, -0.1) is 0 Å². The lowest BCUT2D eigenvalue weighted by Crippen LogP contribution is -2.69. The van der Waals surface area contributed by atoms with E-state index >= 15 is 0 Å². The molecule has 0 radical (unpaired) electrons. The van der Waals surface area contributed by atoms with Crippen LogP contribution in [-0.2, 0) is 0 Å². The molecule has 4 rings (SSSR count). The van der Waals surface area contributed by atoms with E-state index in [1.54, 1.807) is 0 Å². The van der Waals surface area contributed by atoms with Crippen molar-refractivity contribution in [2.75, 3.05) is 0 Å². The molecule has 0 saturated heterocycles. The molecule has 0 amide bonds. The molecular formula is C11H15NO3. The van der Waals surface area contributed by atoms with E-state index in [2.05, 4.69) is 6.07 Å². The van der Waals surface area contributed by atoms with E-state index < -0.39 is 22.2 Å². The maximum Gasteiger partial charge on any atom is 0.0717 e. The van der Waals surface area contributed by atoms with Gasteiger partial charge in [-0.05, 0) is 19.3 Å². The first-order valence-electron chi connectivity index (χ1n) is 5.39. The Morgan fingerprint density at radius 3 is 1.33 bits per heavy atom. The Morgan fingerprint density at radius 2 is 1.07 bits per heavy atom. The summed E-state index contributed by atoms with van der Waals surface area (Å²) in [4.78, 5) is 0. The van der Waals surface area contributed by atoms with E-state index in [9.17, 15) is 20.6 Å². The van der Waals surface area contributed by atoms with Crippen molar-refractivity contribution in [3.05, 3.63) is 0 Å². The molecule has 4 fully saturated rings. The van der Waals surface area contributed by atoms with E-state index in [0.717, 1.165) is 0 Å². The molecule has 15 heavy (non-hydrogen) atoms. The van der Waals surface area contributed by atoms with Crippen molar-refractivity contribution < 1.29 is 15.3 Å². The molecule has 0 heterocycles. The predicted octanol–water partition coefficient (Wildman–Crippen LogP) is 0.0711. The second-order valence-electron chi connectivity index (χ2n) is 6.13. The summed E-state index contributed by atoms with van der Waals surface area (Å²) in [5.41, 5.74) is -3.82. The van der Waals surface area contributed by atoms with E-state index in [4.69, 9.17) is 0 Å². The predicted molar refractivity (Wildman–Crippen MR) is 50.6 cm³/mol. The molecule has 82 valence electrons. The molecule has 0 aromatic rings. The second kappa shape index (κ2) is 2.22. The number of aliphatic hydroxyl groups is 3. The fourth-order valence-electron chi connectivity index (χ4n) is 4.60. The molecule has 4 aliphatic rings. The topological polar surface area (TPSA) is 84.5 Å². The van der Waals surface area contributed by atoms with Gasteiger partial charge in [0.25, 0.3) is 0 Å². The monoisotopic (exact) mass is 209 g/mol. The van der Waals surface area contributed by atoms with Crippen LogP contribution in [0.1, 0.15) is 38.5 Å². The number of nitriles is 1. The normalized spacial score (nSPS) is 61.7. The van der Waals surface area contributed by atoms with Crippen molar-refractivity contribution in [2.45, 2.75) is 55.3 Å². The van der Waals surface area contributed by atoms with Crippen LogP contribution in [0.4, 0.5) is 0 Å². The first kappa shape index (κ1) is 9.59. The average molecular weight is 209 g/mol. The molecule has 4 aliphatic carbocycles. The summed E-state index contributed by atoms with van der Waals surface area (Å²) in [5.74, 6) is 0. The van der Waals surface area contributed by atoms with Crippen LogP contribution >= 0.6 is 0 Å². The fraction of sp³-hybridized carbons (Fsp3) is 0.909. The van der Waals surface area contributed by atoms with Gasteiger partial charge < -0.3 is 15.3 Å². The Balaban J connectivity index is 2.11. The largest absolute Gasteiger partial charge is 0.390 e. The lowest BCUT2D eigenvalue weighted by atomic mass is 9.45. The van der Waals surface area contributed by atoms with Gasteiger partial charge in [0.1, 0.15) is 0 Å². The van der Waals surface area contributed by atoms with Crippen LogP contribution in [0.2, 0.25) is 0 Å². The standard InChI is InChI=1S/C11H15NO3/c12-7-8-1-9(13)4-10(14,2-8)6-11(15,3-8)5-9/h13-15H,1-6H2. The van der Waals surface area contributed by atoms with E-state index in [1.165, 1.54) is 0 Å². The minimum atomic E-state index is -1.03. The first-order chi connectivity index (χ1) is 6.80. The highest BCUT2D eigenvalue weighted by atomic mass is 16.3. The van der Waals surface area contributed by atoms with Crippen molar-refractivity contribution in [3.8, 4) is 6.07 Å². The lowest BCUT2D eigenvalue weighted by molar-refractivity contribution is -0.268. The van der Waals surface area contributed by atoms with Gasteiger partial charge in [0.15, 0.2) is 0 Å². The third-order valence-electron chi connectivity index (χ3n) is 4.21. The van der Waals surface area contributed by atoms with Crippen LogP contribution in [0.15, 0.2) is 0 Å². The Bertz CT molecular complexity index is 319. The highest BCUT2D eigenvalue weighted by Gasteiger charge is 2.68. The van der Waals surface area contributed by atoms with Crippen molar-refractivity contribution >= 4 is 0 Å². The molecule has 0 atom stereocenters. The summed E-state index contributed by atoms with van der Waals surface area (Å²) in [6.07, 6.45) is 2.15. The Morgan fingerprint density at radius 1 is 0.733 bits per heavy atom. The zero-order valence-corrected chi connectivity index (χ0v) is 8.53. The molecule has 0 aromatic heterocycles. The molecule has 0 unspecified atom stereocenters. The van der Waals surface area contributed by atoms with Gasteiger partial charge in [0, 0.05) is 19.3 Å². The van der Waals surface area contributed by atoms with Crippen LogP contribution in [0.3, 0.4) is 0 Å². The van der Waals surface area contributed by atoms with Crippen LogP contribution in [0, 0.1) is 16.7 Å². The third kappa shape index (κ3) is 1.17. The second-order valence-corrected chi connectivity index (χ2v) is 6.13. The van der Waals surface area contributed by atoms with E-state index in [-0.39, 0.29) is 0 Å². The minimum absolute atomic E-state index is 0.311. The zero-order chi connectivity index (χ0) is 10.9. The summed E-state index contributed by atoms with van der Waals surface area (Å²) in [6.45, 7) is 0. The minimum Gasteiger partial charge on any atom is -0.390 e. The number of nitrogens with zero attached hydrogens (tertiary/aromatic N) is 1. The van der Waals surface area contributed by atoms with E-state index in [0.29, 0.717) is 38.5 Å². The molecular weight excluding hydrogens is 194 g/mol. The highest BCUT2D eigenvalue weighted by Crippen LogP contribution is 2.64. The maximum absolute atomic E-state index is 10.3. The lowest BCUT2D eigenvalue weighted by Gasteiger charge is -2.63. The quantitative estimate of drug-likeness (QED) is 0.527. The zero-order valence-electron chi connectivity index (χ0n) is 8.53. The van der Waals surface area contributed by atoms with Crippen LogP contribution < -0.4 is 0 Å². The Kier molecular flexibility index (Phi) is 1.42. The Labute approximate surface area is 88.1 Å². The summed E-state index contributed by atoms with van der Waals surface area (Å²) in [6, 6.07) is 2.21. The smallest absolute Gasteiger partial charge is 0.0717 e. The molecule has 0 aliphatic heterocycles. The SMILES string of the molecule is N#CC12CC3(O)CC(O)(CC(O)(C3)C1)C2. The van der Waals surface area contributed by atoms with Gasteiger partial charge in [0.05, 0.1) is 28.3 Å². The molecule has 3 N–H and O–H groups in total. The van der Waals surface area contributed by atoms with Crippen molar-refractivity contribution in [2.24, 2.45) is 5.41 Å². The van der Waals surface area contributed by atoms with Gasteiger partial charge in [-0.2, -0.15) is 5.26 Å². The highest BCUT2D eigenvalue weighted by molar-refractivity contribution is 5.24. The summed E-state index contributed by atoms with van der Waals surface area (Å²) in [7, 11) is 0. The number of rotatable bonds is 0. The fourth-order valence-corrected chi connectivity index (χ4v) is 4.60. The van der Waals surface area contributed by atoms with Crippen LogP contribution in [-0.4, -0.2) is 32.1 Å². The number of hydrogen-bond acceptors (Lipinski definition) is 4. The molecule has 4 nitrogen and oxygen atoms in total. The van der Waals surface area contributed by atoms with Gasteiger partial charge in [-0.25, -0.2) is 0 Å². The van der Waals surface area contributed by atoms with Crippen molar-refractivity contribution in [3.63, 3.8) is 0 Å². The van der Waals surface area contributed by atoms with Crippen molar-refractivity contribution in [1.82, 2.24) is 0 Å². The first-order valence-corrected chi connectivity index (χ1v) is 5.39.